The van der Waals surface area contributed by atoms with E-state index in [2.05, 4.69) is 51.2 Å². The minimum atomic E-state index is -0.656. The second-order valence-corrected chi connectivity index (χ2v) is 6.08. The normalized spacial score (nSPS) is 10.7. The van der Waals surface area contributed by atoms with Crippen LogP contribution in [-0.2, 0) is 0 Å². The van der Waals surface area contributed by atoms with Crippen LogP contribution in [0.3, 0.4) is 0 Å². The van der Waals surface area contributed by atoms with Crippen LogP contribution in [0.5, 0.6) is 5.75 Å². The van der Waals surface area contributed by atoms with E-state index in [-0.39, 0.29) is 0 Å². The lowest BCUT2D eigenvalue weighted by Gasteiger charge is -2.14. The number of imidazole rings is 1. The molecule has 2 aromatic carbocycles. The third-order valence-corrected chi connectivity index (χ3v) is 4.26. The predicted molar refractivity (Wildman–Crippen MR) is 103 cm³/mol. The van der Waals surface area contributed by atoms with Gasteiger partial charge in [-0.2, -0.15) is 0 Å². The number of H-pyrrole nitrogens is 1. The van der Waals surface area contributed by atoms with E-state index in [1.54, 1.807) is 24.7 Å². The second-order valence-electron chi connectivity index (χ2n) is 6.08. The molecule has 2 aromatic heterocycles. The van der Waals surface area contributed by atoms with Gasteiger partial charge >= 0.3 is 6.09 Å². The first-order valence-electron chi connectivity index (χ1n) is 8.42. The molecule has 0 bridgehead atoms. The van der Waals surface area contributed by atoms with Crippen molar-refractivity contribution < 1.29 is 9.53 Å². The molecule has 0 aliphatic rings. The summed E-state index contributed by atoms with van der Waals surface area (Å²) in [6, 6.07) is 9.79. The van der Waals surface area contributed by atoms with Gasteiger partial charge in [0.05, 0.1) is 0 Å². The molecule has 7 heteroatoms. The number of hydrogen-bond donors (Lipinski definition) is 2. The van der Waals surface area contributed by atoms with Gasteiger partial charge < -0.3 is 9.72 Å². The Labute approximate surface area is 155 Å². The predicted octanol–water partition coefficient (Wildman–Crippen LogP) is 4.25. The van der Waals surface area contributed by atoms with Crippen molar-refractivity contribution in [1.82, 2.24) is 19.9 Å². The molecule has 27 heavy (non-hydrogen) atoms. The largest absolute Gasteiger partial charge is 0.419 e. The first kappa shape index (κ1) is 16.7. The Morgan fingerprint density at radius 3 is 2.41 bits per heavy atom. The fourth-order valence-electron chi connectivity index (χ4n) is 3.11. The van der Waals surface area contributed by atoms with E-state index in [0.717, 1.165) is 22.3 Å². The van der Waals surface area contributed by atoms with Crippen molar-refractivity contribution in [2.75, 3.05) is 5.32 Å². The highest BCUT2D eigenvalue weighted by atomic mass is 16.6. The van der Waals surface area contributed by atoms with Gasteiger partial charge in [-0.15, -0.1) is 0 Å². The SMILES string of the molecule is Cc1cccc(C)c1-c1ccc(OC(=O)Nc2ncc[nH]2)c2nccnc12. The summed E-state index contributed by atoms with van der Waals surface area (Å²) >= 11 is 0. The molecule has 0 saturated heterocycles. The molecule has 0 fully saturated rings. The van der Waals surface area contributed by atoms with Gasteiger partial charge in [0.2, 0.25) is 5.95 Å². The molecular weight excluding hydrogens is 342 g/mol. The fourth-order valence-corrected chi connectivity index (χ4v) is 3.11. The van der Waals surface area contributed by atoms with Crippen LogP contribution in [0.2, 0.25) is 0 Å². The summed E-state index contributed by atoms with van der Waals surface area (Å²) in [6.07, 6.45) is 5.70. The van der Waals surface area contributed by atoms with E-state index in [4.69, 9.17) is 4.74 Å². The van der Waals surface area contributed by atoms with Crippen molar-refractivity contribution in [3.05, 3.63) is 66.2 Å². The van der Waals surface area contributed by atoms with Crippen LogP contribution < -0.4 is 10.1 Å². The summed E-state index contributed by atoms with van der Waals surface area (Å²) in [5, 5.41) is 2.52. The quantitative estimate of drug-likeness (QED) is 0.570. The molecule has 2 heterocycles. The number of carbonyl (C=O) groups is 1. The number of anilines is 1. The zero-order chi connectivity index (χ0) is 18.8. The Kier molecular flexibility index (Phi) is 4.25. The standard InChI is InChI=1S/C20H17N5O2/c1-12-4-3-5-13(2)16(12)14-6-7-15(18-17(14)21-8-9-22-18)27-20(26)25-19-23-10-11-24-19/h3-11H,1-2H3,(H2,23,24,25,26). The number of carbonyl (C=O) groups excluding carboxylic acids is 1. The van der Waals surface area contributed by atoms with Crippen molar-refractivity contribution >= 4 is 23.1 Å². The Hall–Kier alpha value is -3.74. The third-order valence-electron chi connectivity index (χ3n) is 4.26. The molecule has 0 atom stereocenters. The number of fused-ring (bicyclic) bond motifs is 1. The highest BCUT2D eigenvalue weighted by molar-refractivity contribution is 5.97. The number of nitrogens with zero attached hydrogens (tertiary/aromatic N) is 3. The van der Waals surface area contributed by atoms with Gasteiger partial charge in [0.15, 0.2) is 5.75 Å². The molecule has 2 N–H and O–H groups in total. The summed E-state index contributed by atoms with van der Waals surface area (Å²) in [5.74, 6) is 0.639. The van der Waals surface area contributed by atoms with Crippen LogP contribution in [0, 0.1) is 13.8 Å². The first-order chi connectivity index (χ1) is 13.1. The van der Waals surface area contributed by atoms with E-state index in [1.165, 1.54) is 6.20 Å². The van der Waals surface area contributed by atoms with Gasteiger partial charge in [-0.3, -0.25) is 10.3 Å². The van der Waals surface area contributed by atoms with Gasteiger partial charge in [-0.25, -0.2) is 14.8 Å². The lowest BCUT2D eigenvalue weighted by Crippen LogP contribution is -2.17. The summed E-state index contributed by atoms with van der Waals surface area (Å²) in [7, 11) is 0. The van der Waals surface area contributed by atoms with Crippen LogP contribution >= 0.6 is 0 Å². The maximum absolute atomic E-state index is 12.1. The molecule has 0 aliphatic heterocycles. The maximum atomic E-state index is 12.1. The molecule has 1 amide bonds. The van der Waals surface area contributed by atoms with Gasteiger partial charge in [-0.05, 0) is 42.7 Å². The fraction of sp³-hybridized carbons (Fsp3) is 0.100. The zero-order valence-electron chi connectivity index (χ0n) is 14.9. The van der Waals surface area contributed by atoms with E-state index < -0.39 is 6.09 Å². The summed E-state index contributed by atoms with van der Waals surface area (Å²) in [6.45, 7) is 4.12. The van der Waals surface area contributed by atoms with Crippen LogP contribution in [0.1, 0.15) is 11.1 Å². The summed E-state index contributed by atoms with van der Waals surface area (Å²) < 4.78 is 5.44. The molecule has 134 valence electrons. The number of benzene rings is 2. The van der Waals surface area contributed by atoms with Gasteiger partial charge in [0.1, 0.15) is 11.0 Å². The third kappa shape index (κ3) is 3.22. The molecule has 0 saturated carbocycles. The average molecular weight is 359 g/mol. The van der Waals surface area contributed by atoms with Crippen molar-refractivity contribution in [2.24, 2.45) is 0 Å². The van der Waals surface area contributed by atoms with Crippen molar-refractivity contribution in [1.29, 1.82) is 0 Å². The molecule has 0 unspecified atom stereocenters. The van der Waals surface area contributed by atoms with Crippen molar-refractivity contribution in [3.63, 3.8) is 0 Å². The van der Waals surface area contributed by atoms with Crippen LogP contribution in [0.15, 0.2) is 55.1 Å². The summed E-state index contributed by atoms with van der Waals surface area (Å²) in [5.41, 5.74) is 5.55. The Balaban J connectivity index is 1.76. The smallest absolute Gasteiger partial charge is 0.408 e. The molecule has 0 radical (unpaired) electrons. The number of aromatic nitrogens is 4. The highest BCUT2D eigenvalue weighted by Crippen LogP contribution is 2.35. The number of ether oxygens (including phenoxy) is 1. The molecule has 7 nitrogen and oxygen atoms in total. The first-order valence-corrected chi connectivity index (χ1v) is 8.42. The lowest BCUT2D eigenvalue weighted by atomic mass is 9.94. The minimum Gasteiger partial charge on any atom is -0.408 e. The Morgan fingerprint density at radius 1 is 0.963 bits per heavy atom. The number of nitrogens with one attached hydrogen (secondary N) is 2. The maximum Gasteiger partial charge on any atom is 0.419 e. The molecule has 0 aliphatic carbocycles. The van der Waals surface area contributed by atoms with E-state index in [0.29, 0.717) is 22.7 Å². The Bertz CT molecular complexity index is 1100. The molecule has 4 aromatic rings. The molecule has 0 spiro atoms. The number of rotatable bonds is 3. The molecule has 4 rings (SSSR count). The number of aryl methyl sites for hydroxylation is 2. The van der Waals surface area contributed by atoms with Crippen molar-refractivity contribution in [2.45, 2.75) is 13.8 Å². The zero-order valence-corrected chi connectivity index (χ0v) is 14.9. The van der Waals surface area contributed by atoms with Crippen molar-refractivity contribution in [3.8, 4) is 16.9 Å². The summed E-state index contributed by atoms with van der Waals surface area (Å²) in [4.78, 5) is 27.7. The average Bonchev–Trinajstić information content (AvgIpc) is 3.16. The Morgan fingerprint density at radius 2 is 1.70 bits per heavy atom. The van der Waals surface area contributed by atoms with Crippen LogP contribution in [0.4, 0.5) is 10.7 Å². The highest BCUT2D eigenvalue weighted by Gasteiger charge is 2.16. The second kappa shape index (κ2) is 6.87. The monoisotopic (exact) mass is 359 g/mol. The molecular formula is C20H17N5O2. The van der Waals surface area contributed by atoms with Gasteiger partial charge in [0.25, 0.3) is 0 Å². The van der Waals surface area contributed by atoms with E-state index >= 15 is 0 Å². The van der Waals surface area contributed by atoms with Gasteiger partial charge in [0, 0.05) is 30.4 Å². The van der Waals surface area contributed by atoms with E-state index in [1.807, 2.05) is 12.1 Å². The topological polar surface area (TPSA) is 92.8 Å². The minimum absolute atomic E-state index is 0.308. The van der Waals surface area contributed by atoms with E-state index in [9.17, 15) is 4.79 Å². The number of hydrogen-bond acceptors (Lipinski definition) is 5. The van der Waals surface area contributed by atoms with Gasteiger partial charge in [-0.1, -0.05) is 18.2 Å². The number of amides is 1. The van der Waals surface area contributed by atoms with Crippen LogP contribution in [0.25, 0.3) is 22.2 Å². The van der Waals surface area contributed by atoms with Crippen LogP contribution in [-0.4, -0.2) is 26.0 Å². The lowest BCUT2D eigenvalue weighted by molar-refractivity contribution is 0.215. The number of aromatic amines is 1.